The molecule has 5 rings (SSSR count). The summed E-state index contributed by atoms with van der Waals surface area (Å²) in [7, 11) is 0. The average Bonchev–Trinajstić information content (AvgIpc) is 3.28. The van der Waals surface area contributed by atoms with Gasteiger partial charge < -0.3 is 14.2 Å². The van der Waals surface area contributed by atoms with Crippen LogP contribution in [0.4, 0.5) is 0 Å². The molecule has 1 unspecified atom stereocenters. The highest BCUT2D eigenvalue weighted by Gasteiger charge is 2.33. The molecule has 1 aliphatic rings. The molecule has 4 aromatic rings. The highest BCUT2D eigenvalue weighted by Crippen LogP contribution is 2.33. The van der Waals surface area contributed by atoms with E-state index in [2.05, 4.69) is 15.5 Å². The number of amides is 1. The molecule has 0 radical (unpaired) electrons. The Balaban J connectivity index is 1.66. The van der Waals surface area contributed by atoms with Crippen LogP contribution in [0, 0.1) is 6.92 Å². The SMILES string of the molecule is Cc1cccn2c3c(nc12)CNC(=O)CC3c1nc(-c2ccccc2)no1. The molecule has 7 nitrogen and oxygen atoms in total. The van der Waals surface area contributed by atoms with E-state index < -0.39 is 0 Å². The van der Waals surface area contributed by atoms with Gasteiger partial charge in [0.1, 0.15) is 5.65 Å². The Hall–Kier alpha value is -3.48. The molecule has 134 valence electrons. The van der Waals surface area contributed by atoms with E-state index in [-0.39, 0.29) is 18.2 Å². The first-order valence-electron chi connectivity index (χ1n) is 8.83. The van der Waals surface area contributed by atoms with E-state index in [9.17, 15) is 4.79 Å². The summed E-state index contributed by atoms with van der Waals surface area (Å²) < 4.78 is 7.62. The largest absolute Gasteiger partial charge is 0.350 e. The van der Waals surface area contributed by atoms with Crippen LogP contribution in [-0.2, 0) is 11.3 Å². The molecule has 0 saturated carbocycles. The van der Waals surface area contributed by atoms with Crippen LogP contribution in [0.2, 0.25) is 0 Å². The number of fused-ring (bicyclic) bond motifs is 3. The van der Waals surface area contributed by atoms with Gasteiger partial charge >= 0.3 is 0 Å². The summed E-state index contributed by atoms with van der Waals surface area (Å²) in [5.74, 6) is 0.542. The van der Waals surface area contributed by atoms with Crippen LogP contribution in [0.25, 0.3) is 17.0 Å². The van der Waals surface area contributed by atoms with E-state index in [1.54, 1.807) is 0 Å². The van der Waals surface area contributed by atoms with Gasteiger partial charge in [-0.05, 0) is 18.6 Å². The van der Waals surface area contributed by atoms with E-state index in [1.165, 1.54) is 0 Å². The maximum atomic E-state index is 12.3. The molecule has 3 aromatic heterocycles. The number of imidazole rings is 1. The minimum atomic E-state index is -0.343. The fourth-order valence-corrected chi connectivity index (χ4v) is 3.59. The fraction of sp³-hybridized carbons (Fsp3) is 0.200. The number of hydrogen-bond donors (Lipinski definition) is 1. The lowest BCUT2D eigenvalue weighted by atomic mass is 10.00. The minimum absolute atomic E-state index is 0.0566. The standard InChI is InChI=1S/C20H17N5O2/c1-12-6-5-9-25-17-14(10-16(26)21-11-15(17)22-19(12)25)20-23-18(24-27-20)13-7-3-2-4-8-13/h2-9,14H,10-11H2,1H3,(H,21,26). The third kappa shape index (κ3) is 2.59. The molecule has 1 aromatic carbocycles. The van der Waals surface area contributed by atoms with Gasteiger partial charge in [-0.1, -0.05) is 41.6 Å². The number of hydrogen-bond acceptors (Lipinski definition) is 5. The smallest absolute Gasteiger partial charge is 0.236 e. The van der Waals surface area contributed by atoms with Crippen molar-refractivity contribution in [2.24, 2.45) is 0 Å². The maximum absolute atomic E-state index is 12.3. The quantitative estimate of drug-likeness (QED) is 0.595. The van der Waals surface area contributed by atoms with Crippen molar-refractivity contribution in [2.45, 2.75) is 25.8 Å². The molecule has 0 saturated heterocycles. The minimum Gasteiger partial charge on any atom is -0.350 e. The van der Waals surface area contributed by atoms with E-state index in [4.69, 9.17) is 9.51 Å². The number of carbonyl (C=O) groups excluding carboxylic acids is 1. The van der Waals surface area contributed by atoms with Gasteiger partial charge in [0.05, 0.1) is 23.9 Å². The van der Waals surface area contributed by atoms with Gasteiger partial charge in [0.25, 0.3) is 0 Å². The zero-order valence-electron chi connectivity index (χ0n) is 14.7. The van der Waals surface area contributed by atoms with E-state index in [1.807, 2.05) is 60.0 Å². The molecule has 27 heavy (non-hydrogen) atoms. The van der Waals surface area contributed by atoms with E-state index in [0.717, 1.165) is 28.2 Å². The number of pyridine rings is 1. The van der Waals surface area contributed by atoms with Crippen molar-refractivity contribution in [3.8, 4) is 11.4 Å². The molecule has 0 bridgehead atoms. The summed E-state index contributed by atoms with van der Waals surface area (Å²) >= 11 is 0. The van der Waals surface area contributed by atoms with Crippen LogP contribution in [0.1, 0.15) is 35.2 Å². The van der Waals surface area contributed by atoms with Crippen LogP contribution in [-0.4, -0.2) is 25.4 Å². The van der Waals surface area contributed by atoms with Crippen molar-refractivity contribution in [3.63, 3.8) is 0 Å². The Morgan fingerprint density at radius 2 is 2.00 bits per heavy atom. The van der Waals surface area contributed by atoms with Crippen molar-refractivity contribution >= 4 is 11.6 Å². The second-order valence-corrected chi connectivity index (χ2v) is 6.68. The highest BCUT2D eigenvalue weighted by atomic mass is 16.5. The van der Waals surface area contributed by atoms with Gasteiger partial charge in [0.2, 0.25) is 17.6 Å². The number of aryl methyl sites for hydroxylation is 1. The van der Waals surface area contributed by atoms with Crippen molar-refractivity contribution in [3.05, 3.63) is 71.5 Å². The van der Waals surface area contributed by atoms with Crippen LogP contribution in [0.15, 0.2) is 53.2 Å². The summed E-state index contributed by atoms with van der Waals surface area (Å²) in [4.78, 5) is 21.6. The number of benzene rings is 1. The first kappa shape index (κ1) is 15.7. The van der Waals surface area contributed by atoms with Gasteiger partial charge in [0.15, 0.2) is 0 Å². The number of aromatic nitrogens is 4. The van der Waals surface area contributed by atoms with Gasteiger partial charge in [-0.15, -0.1) is 0 Å². The van der Waals surface area contributed by atoms with Crippen LogP contribution < -0.4 is 5.32 Å². The molecule has 7 heteroatoms. The van der Waals surface area contributed by atoms with Crippen molar-refractivity contribution < 1.29 is 9.32 Å². The van der Waals surface area contributed by atoms with Crippen LogP contribution in [0.5, 0.6) is 0 Å². The van der Waals surface area contributed by atoms with E-state index >= 15 is 0 Å². The van der Waals surface area contributed by atoms with Crippen molar-refractivity contribution in [1.82, 2.24) is 24.8 Å². The predicted molar refractivity (Wildman–Crippen MR) is 98.0 cm³/mol. The third-order valence-electron chi connectivity index (χ3n) is 4.90. The third-order valence-corrected chi connectivity index (χ3v) is 4.90. The Bertz CT molecular complexity index is 1150. The molecule has 1 amide bonds. The lowest BCUT2D eigenvalue weighted by Crippen LogP contribution is -2.21. The molecule has 1 atom stereocenters. The summed E-state index contributed by atoms with van der Waals surface area (Å²) in [6, 6.07) is 13.6. The number of nitrogens with one attached hydrogen (secondary N) is 1. The van der Waals surface area contributed by atoms with Crippen LogP contribution >= 0.6 is 0 Å². The summed E-state index contributed by atoms with van der Waals surface area (Å²) in [5.41, 5.74) is 4.59. The predicted octanol–water partition coefficient (Wildman–Crippen LogP) is 2.84. The Morgan fingerprint density at radius 1 is 1.15 bits per heavy atom. The molecular weight excluding hydrogens is 342 g/mol. The van der Waals surface area contributed by atoms with Crippen molar-refractivity contribution in [1.29, 1.82) is 0 Å². The normalized spacial score (nSPS) is 16.8. The second-order valence-electron chi connectivity index (χ2n) is 6.68. The summed E-state index contributed by atoms with van der Waals surface area (Å²) in [6.45, 7) is 2.42. The zero-order valence-corrected chi connectivity index (χ0v) is 14.7. The first-order chi connectivity index (χ1) is 13.2. The lowest BCUT2D eigenvalue weighted by Gasteiger charge is -2.11. The summed E-state index contributed by atoms with van der Waals surface area (Å²) in [6.07, 6.45) is 2.20. The van der Waals surface area contributed by atoms with Gasteiger partial charge in [-0.2, -0.15) is 4.98 Å². The summed E-state index contributed by atoms with van der Waals surface area (Å²) in [5, 5.41) is 7.04. The average molecular weight is 359 g/mol. The second kappa shape index (κ2) is 6.05. The topological polar surface area (TPSA) is 85.3 Å². The fourth-order valence-electron chi connectivity index (χ4n) is 3.59. The van der Waals surface area contributed by atoms with Gasteiger partial charge in [-0.25, -0.2) is 4.98 Å². The Kier molecular flexibility index (Phi) is 3.53. The molecule has 0 spiro atoms. The van der Waals surface area contributed by atoms with Gasteiger partial charge in [0, 0.05) is 18.2 Å². The molecule has 0 aliphatic carbocycles. The number of rotatable bonds is 2. The monoisotopic (exact) mass is 359 g/mol. The molecule has 0 fully saturated rings. The van der Waals surface area contributed by atoms with Crippen LogP contribution in [0.3, 0.4) is 0 Å². The molecular formula is C20H17N5O2. The maximum Gasteiger partial charge on any atom is 0.236 e. The molecule has 4 heterocycles. The first-order valence-corrected chi connectivity index (χ1v) is 8.83. The molecule has 1 aliphatic heterocycles. The zero-order chi connectivity index (χ0) is 18.4. The highest BCUT2D eigenvalue weighted by molar-refractivity contribution is 5.78. The molecule has 1 N–H and O–H groups in total. The number of carbonyl (C=O) groups is 1. The Morgan fingerprint density at radius 3 is 2.85 bits per heavy atom. The number of nitrogens with zero attached hydrogens (tertiary/aromatic N) is 4. The Labute approximate surface area is 155 Å². The lowest BCUT2D eigenvalue weighted by molar-refractivity contribution is -0.121. The van der Waals surface area contributed by atoms with E-state index in [0.29, 0.717) is 18.3 Å². The van der Waals surface area contributed by atoms with Gasteiger partial charge in [-0.3, -0.25) is 4.79 Å². The van der Waals surface area contributed by atoms with Crippen molar-refractivity contribution in [2.75, 3.05) is 0 Å².